The molecular formula is C40H35N10O7+. The zero-order valence-electron chi connectivity index (χ0n) is 30.7. The number of azo groups is 1. The number of anilines is 2. The van der Waals surface area contributed by atoms with E-state index in [4.69, 9.17) is 20.9 Å². The number of hydrogen-bond acceptors (Lipinski definition) is 9. The Hall–Kier alpha value is -7.82. The molecule has 286 valence electrons. The number of amides is 4. The zero-order chi connectivity index (χ0) is 40.0. The summed E-state index contributed by atoms with van der Waals surface area (Å²) in [5.74, 6) is -0.928. The summed E-state index contributed by atoms with van der Waals surface area (Å²) < 4.78 is 13.3. The molecule has 0 spiro atoms. The number of primary amides is 2. The van der Waals surface area contributed by atoms with E-state index in [0.717, 1.165) is 0 Å². The van der Waals surface area contributed by atoms with E-state index in [1.807, 2.05) is 0 Å². The van der Waals surface area contributed by atoms with Gasteiger partial charge in [-0.3, -0.25) is 24.4 Å². The number of methoxy groups -OCH3 is 2. The van der Waals surface area contributed by atoms with Crippen LogP contribution in [0.3, 0.4) is 0 Å². The quantitative estimate of drug-likeness (QED) is 0.101. The molecule has 0 atom stereocenters. The van der Waals surface area contributed by atoms with Crippen LogP contribution in [0.1, 0.15) is 53.1 Å². The Morgan fingerprint density at radius 1 is 0.632 bits per heavy atom. The van der Waals surface area contributed by atoms with E-state index in [-0.39, 0.29) is 47.7 Å². The number of fused-ring (bicyclic) bond motifs is 2. The summed E-state index contributed by atoms with van der Waals surface area (Å²) in [6.07, 6.45) is 0.701. The Balaban J connectivity index is 1.00. The predicted octanol–water partition coefficient (Wildman–Crippen LogP) is 4.50. The SMILES string of the molecule is COc1ccc(-n2nc(C(N)=O)c3c2C(=O)N(c2ccc(/N=[N+](\O)c4ccc(N5CCc6c(C(N)=O)nn(-c7ccc(OC)cc7)c6C5=O)cc4)cc2)CC3)cc1. The van der Waals surface area contributed by atoms with Gasteiger partial charge < -0.3 is 30.7 Å². The minimum Gasteiger partial charge on any atom is -0.497 e. The van der Waals surface area contributed by atoms with Crippen LogP contribution in [0.15, 0.2) is 102 Å². The first-order valence-electron chi connectivity index (χ1n) is 17.7. The minimum atomic E-state index is -0.724. The van der Waals surface area contributed by atoms with Gasteiger partial charge in [-0.2, -0.15) is 10.2 Å². The molecule has 4 heterocycles. The van der Waals surface area contributed by atoms with Gasteiger partial charge in [-0.1, -0.05) is 0 Å². The van der Waals surface area contributed by atoms with Gasteiger partial charge in [0.05, 0.1) is 30.7 Å². The number of rotatable bonds is 10. The molecular weight excluding hydrogens is 733 g/mol. The highest BCUT2D eigenvalue weighted by molar-refractivity contribution is 6.10. The lowest BCUT2D eigenvalue weighted by molar-refractivity contribution is -0.761. The summed E-state index contributed by atoms with van der Waals surface area (Å²) in [5.41, 5.74) is 15.8. The number of ether oxygens (including phenoxy) is 2. The number of benzene rings is 4. The van der Waals surface area contributed by atoms with E-state index in [9.17, 15) is 24.4 Å². The predicted molar refractivity (Wildman–Crippen MR) is 205 cm³/mol. The summed E-state index contributed by atoms with van der Waals surface area (Å²) in [5, 5.41) is 24.0. The summed E-state index contributed by atoms with van der Waals surface area (Å²) in [6.45, 7) is 0.558. The minimum absolute atomic E-state index is 0.0439. The van der Waals surface area contributed by atoms with Crippen LogP contribution in [0.2, 0.25) is 0 Å². The molecule has 0 fully saturated rings. The molecule has 57 heavy (non-hydrogen) atoms. The molecule has 0 saturated heterocycles. The standard InChI is InChI=1S/C40H34N10O7/c1-56-29-15-11-26(12-16-29)48-35-31(33(44-48)37(41)51)19-21-46(39(35)53)24-5-3-23(4-6-24)43-50(55)28-9-7-25(8-10-28)47-22-20-32-34(38(42)52)45-49(36(32)40(47)54)27-13-17-30(57-2)18-14-27/h3-18H,19-22H2,1-2H3,(H4-,41,42,43,51,52,55)/p+1. The molecule has 17 nitrogen and oxygen atoms in total. The molecule has 0 unspecified atom stereocenters. The third-order valence-electron chi connectivity index (χ3n) is 9.90. The zero-order valence-corrected chi connectivity index (χ0v) is 30.7. The fraction of sp³-hybridized carbons (Fsp3) is 0.150. The van der Waals surface area contributed by atoms with Gasteiger partial charge in [0.25, 0.3) is 29.3 Å². The van der Waals surface area contributed by atoms with Crippen molar-refractivity contribution in [3.63, 3.8) is 0 Å². The summed E-state index contributed by atoms with van der Waals surface area (Å²) in [7, 11) is 3.10. The molecule has 0 radical (unpaired) electrons. The van der Waals surface area contributed by atoms with Crippen molar-refractivity contribution in [1.29, 1.82) is 0 Å². The number of hydrogen-bond donors (Lipinski definition) is 3. The van der Waals surface area contributed by atoms with E-state index in [0.29, 0.717) is 74.5 Å². The van der Waals surface area contributed by atoms with E-state index in [2.05, 4.69) is 15.3 Å². The Bertz CT molecular complexity index is 2600. The molecule has 2 aromatic heterocycles. The fourth-order valence-electron chi connectivity index (χ4n) is 7.06. The number of nitrogens with zero attached hydrogens (tertiary/aromatic N) is 8. The molecule has 0 saturated carbocycles. The normalized spacial score (nSPS) is 14.0. The van der Waals surface area contributed by atoms with Crippen LogP contribution in [0.25, 0.3) is 11.4 Å². The van der Waals surface area contributed by atoms with Gasteiger partial charge in [0, 0.05) is 47.7 Å². The van der Waals surface area contributed by atoms with Crippen LogP contribution in [0, 0.1) is 0 Å². The van der Waals surface area contributed by atoms with E-state index < -0.39 is 11.8 Å². The van der Waals surface area contributed by atoms with Crippen LogP contribution in [0.5, 0.6) is 11.5 Å². The van der Waals surface area contributed by atoms with Crippen LogP contribution >= 0.6 is 0 Å². The Kier molecular flexibility index (Phi) is 9.16. The molecule has 0 bridgehead atoms. The third-order valence-corrected chi connectivity index (χ3v) is 9.90. The lowest BCUT2D eigenvalue weighted by Gasteiger charge is -2.27. The maximum atomic E-state index is 13.9. The molecule has 2 aliphatic rings. The second-order valence-corrected chi connectivity index (χ2v) is 13.1. The van der Waals surface area contributed by atoms with Gasteiger partial charge in [0.2, 0.25) is 0 Å². The highest BCUT2D eigenvalue weighted by Gasteiger charge is 2.36. The molecule has 4 amide bonds. The van der Waals surface area contributed by atoms with Crippen LogP contribution < -0.4 is 30.7 Å². The van der Waals surface area contributed by atoms with Crippen molar-refractivity contribution in [1.82, 2.24) is 19.6 Å². The molecule has 4 aromatic carbocycles. The van der Waals surface area contributed by atoms with Gasteiger partial charge in [-0.15, -0.1) is 0 Å². The summed E-state index contributed by atoms with van der Waals surface area (Å²) in [4.78, 5) is 56.3. The average molecular weight is 768 g/mol. The molecule has 2 aliphatic heterocycles. The van der Waals surface area contributed by atoms with Crippen molar-refractivity contribution in [2.24, 2.45) is 16.6 Å². The Labute approximate surface area is 324 Å². The first kappa shape index (κ1) is 36.2. The topological polar surface area (TPSA) is 217 Å². The van der Waals surface area contributed by atoms with E-state index >= 15 is 0 Å². The van der Waals surface area contributed by atoms with Crippen molar-refractivity contribution in [2.75, 3.05) is 37.1 Å². The van der Waals surface area contributed by atoms with Gasteiger partial charge in [-0.05, 0) is 97.8 Å². The summed E-state index contributed by atoms with van der Waals surface area (Å²) in [6, 6.07) is 27.2. The lowest BCUT2D eigenvalue weighted by atomic mass is 10.0. The molecule has 5 N–H and O–H groups in total. The monoisotopic (exact) mass is 767 g/mol. The molecule has 6 aromatic rings. The van der Waals surface area contributed by atoms with Crippen molar-refractivity contribution in [3.8, 4) is 22.9 Å². The van der Waals surface area contributed by atoms with E-state index in [1.165, 1.54) is 9.36 Å². The maximum absolute atomic E-state index is 13.9. The highest BCUT2D eigenvalue weighted by atomic mass is 16.5. The number of carbonyl (C=O) groups is 4. The van der Waals surface area contributed by atoms with Crippen molar-refractivity contribution in [2.45, 2.75) is 12.8 Å². The van der Waals surface area contributed by atoms with Gasteiger partial charge in [-0.25, -0.2) is 9.36 Å². The van der Waals surface area contributed by atoms with Gasteiger partial charge in [0.15, 0.2) is 11.4 Å². The first-order valence-corrected chi connectivity index (χ1v) is 17.7. The highest BCUT2D eigenvalue weighted by Crippen LogP contribution is 2.33. The number of nitrogens with two attached hydrogens (primary N) is 2. The Morgan fingerprint density at radius 3 is 1.40 bits per heavy atom. The number of aromatic nitrogens is 4. The first-order chi connectivity index (χ1) is 27.6. The molecule has 0 aliphatic carbocycles. The van der Waals surface area contributed by atoms with Crippen molar-refractivity contribution >= 4 is 46.4 Å². The fourth-order valence-corrected chi connectivity index (χ4v) is 7.06. The Morgan fingerprint density at radius 2 is 1.02 bits per heavy atom. The number of carbonyl (C=O) groups excluding carboxylic acids is 4. The maximum Gasteiger partial charge on any atom is 0.289 e. The second kappa shape index (κ2) is 14.4. The average Bonchev–Trinajstić information content (AvgIpc) is 3.83. The van der Waals surface area contributed by atoms with Crippen molar-refractivity contribution in [3.05, 3.63) is 131 Å². The van der Waals surface area contributed by atoms with Crippen LogP contribution in [-0.4, -0.2) is 80.6 Å². The van der Waals surface area contributed by atoms with Crippen LogP contribution in [0.4, 0.5) is 22.7 Å². The third kappa shape index (κ3) is 6.45. The largest absolute Gasteiger partial charge is 0.497 e. The van der Waals surface area contributed by atoms with Crippen molar-refractivity contribution < 1.29 is 38.7 Å². The van der Waals surface area contributed by atoms with Crippen LogP contribution in [-0.2, 0) is 12.8 Å². The lowest BCUT2D eigenvalue weighted by Crippen LogP contribution is -2.39. The second-order valence-electron chi connectivity index (χ2n) is 13.1. The summed E-state index contributed by atoms with van der Waals surface area (Å²) >= 11 is 0. The molecule has 17 heteroatoms. The van der Waals surface area contributed by atoms with E-state index in [1.54, 1.807) is 121 Å². The smallest absolute Gasteiger partial charge is 0.289 e. The van der Waals surface area contributed by atoms with Gasteiger partial charge >= 0.3 is 0 Å². The van der Waals surface area contributed by atoms with Gasteiger partial charge in [0.1, 0.15) is 33.4 Å². The molecule has 8 rings (SSSR count).